The van der Waals surface area contributed by atoms with E-state index in [0.29, 0.717) is 11.3 Å². The van der Waals surface area contributed by atoms with Crippen LogP contribution < -0.4 is 26.2 Å². The second kappa shape index (κ2) is 26.9. The molecule has 0 atom stereocenters. The van der Waals surface area contributed by atoms with E-state index in [4.69, 9.17) is 6.57 Å². The Morgan fingerprint density at radius 3 is 0.887 bits per heavy atom. The third-order valence-corrected chi connectivity index (χ3v) is 24.6. The highest BCUT2D eigenvalue weighted by molar-refractivity contribution is 7.00. The molecule has 0 radical (unpaired) electrons. The second-order valence-corrected chi connectivity index (χ2v) is 39.8. The van der Waals surface area contributed by atoms with Crippen LogP contribution in [0.3, 0.4) is 0 Å². The van der Waals surface area contributed by atoms with Gasteiger partial charge in [0.15, 0.2) is 5.69 Å². The minimum Gasteiger partial charge on any atom is -0.310 e. The van der Waals surface area contributed by atoms with Crippen LogP contribution in [0.1, 0.15) is 190 Å². The first kappa shape index (κ1) is 75.8. The fourth-order valence-electron chi connectivity index (χ4n) is 17.8. The third-order valence-electron chi connectivity index (χ3n) is 24.6. The fraction of sp³-hybridized carbons (Fsp3) is 0.259. The Labute approximate surface area is 682 Å². The van der Waals surface area contributed by atoms with Crippen molar-refractivity contribution in [3.05, 3.63) is 311 Å². The van der Waals surface area contributed by atoms with Crippen molar-refractivity contribution in [3.63, 3.8) is 0 Å². The Balaban J connectivity index is 1.11. The van der Waals surface area contributed by atoms with E-state index in [9.17, 15) is 5.26 Å². The van der Waals surface area contributed by atoms with Gasteiger partial charge in [-0.25, -0.2) is 4.85 Å². The largest absolute Gasteiger partial charge is 0.310 e. The van der Waals surface area contributed by atoms with E-state index < -0.39 is 5.41 Å². The molecule has 13 aromatic carbocycles. The van der Waals surface area contributed by atoms with Crippen molar-refractivity contribution < 1.29 is 0 Å². The third kappa shape index (κ3) is 13.0. The zero-order chi connectivity index (χ0) is 81.3. The van der Waals surface area contributed by atoms with Crippen molar-refractivity contribution in [1.82, 2.24) is 9.13 Å². The quantitative estimate of drug-likeness (QED) is 0.112. The minimum atomic E-state index is -0.425. The summed E-state index contributed by atoms with van der Waals surface area (Å²) in [6, 6.07) is 99.8. The van der Waals surface area contributed by atoms with Crippen LogP contribution in [-0.2, 0) is 37.9 Å². The summed E-state index contributed by atoms with van der Waals surface area (Å²) in [6.07, 6.45) is 0. The number of nitrogens with zero attached hydrogens (tertiary/aromatic N) is 6. The van der Waals surface area contributed by atoms with Crippen molar-refractivity contribution >= 4 is 107 Å². The molecule has 0 fully saturated rings. The van der Waals surface area contributed by atoms with Gasteiger partial charge in [-0.1, -0.05) is 303 Å². The van der Waals surface area contributed by atoms with Gasteiger partial charge in [0, 0.05) is 77.9 Å². The molecule has 2 aliphatic heterocycles. The molecule has 17 rings (SSSR count). The molecule has 2 aliphatic rings. The van der Waals surface area contributed by atoms with Crippen LogP contribution in [-0.4, -0.2) is 15.8 Å². The molecule has 2 aromatic heterocycles. The lowest BCUT2D eigenvalue weighted by molar-refractivity contribution is 0.568. The van der Waals surface area contributed by atoms with Crippen LogP contribution in [0.5, 0.6) is 0 Å². The average Bonchev–Trinajstić information content (AvgIpc) is 0.877. The van der Waals surface area contributed by atoms with E-state index >= 15 is 0 Å². The predicted octanol–water partition coefficient (Wildman–Crippen LogP) is 28.1. The Kier molecular flexibility index (Phi) is 17.7. The standard InChI is InChI=1S/C108H105BN6/c1-102(2,3)71-51-69(52-72(55-71)103(4,5)6)87-59-75(106(13,14)15)57-85(67-41-39-66(65-110)40-42-67)100(87)114-95-63-79(112-91-35-27-23-31-81(91)82-32-24-28-36-92(82)112)47-49-89(95)109-90-50-48-80(113-93-37-29-25-33-83(93)84-34-26-30-38-94(84)113)64-96(90)115(98-62-77(108(19,20)21)61-97(114)99(98)109)101-86(68-43-45-78(111-22)46-44-68)58-76(107(16,17)18)60-88(101)70-53-73(104(7,8)9)56-74(54-70)105(10,11)12/h23-64H,1-21H3. The van der Waals surface area contributed by atoms with E-state index in [2.05, 4.69) is 406 Å². The zero-order valence-corrected chi connectivity index (χ0v) is 71.0. The van der Waals surface area contributed by atoms with E-state index in [1.54, 1.807) is 0 Å². The number of benzene rings is 13. The molecule has 4 heterocycles. The number of fused-ring (bicyclic) bond motifs is 10. The number of para-hydroxylation sites is 4. The molecule has 0 spiro atoms. The van der Waals surface area contributed by atoms with E-state index in [-0.39, 0.29) is 39.2 Å². The molecule has 0 N–H and O–H groups in total. The molecule has 6 nitrogen and oxygen atoms in total. The van der Waals surface area contributed by atoms with E-state index in [1.807, 2.05) is 24.3 Å². The van der Waals surface area contributed by atoms with Crippen molar-refractivity contribution in [2.75, 3.05) is 9.80 Å². The van der Waals surface area contributed by atoms with Crippen molar-refractivity contribution in [2.24, 2.45) is 0 Å². The fourth-order valence-corrected chi connectivity index (χ4v) is 17.8. The lowest BCUT2D eigenvalue weighted by Crippen LogP contribution is -2.61. The number of aromatic nitrogens is 2. The van der Waals surface area contributed by atoms with Crippen LogP contribution in [0.25, 0.3) is 104 Å². The lowest BCUT2D eigenvalue weighted by atomic mass is 9.33. The van der Waals surface area contributed by atoms with E-state index in [1.165, 1.54) is 76.9 Å². The minimum absolute atomic E-state index is 0.209. The summed E-state index contributed by atoms with van der Waals surface area (Å²) in [6.45, 7) is 57.5. The highest BCUT2D eigenvalue weighted by Crippen LogP contribution is 2.57. The van der Waals surface area contributed by atoms with Gasteiger partial charge in [-0.05, 0) is 213 Å². The highest BCUT2D eigenvalue weighted by atomic mass is 15.2. The van der Waals surface area contributed by atoms with Gasteiger partial charge in [-0.15, -0.1) is 0 Å². The first-order valence-electron chi connectivity index (χ1n) is 41.1. The SMILES string of the molecule is [C-]#[N+]c1ccc(-c2cc(C(C)(C)C)cc(-c3cc(C(C)(C)C)cc(C(C)(C)C)c3)c2N2c3cc(-n4c5ccccc5c5ccccc54)ccc3B3c4ccc(-n5c6ccccc6c6ccccc65)cc4N(c4c(-c5ccc(C#N)cc5)cc(C(C)(C)C)cc4-c4cc(C(C)(C)C)cc(C(C)(C)C)c4)c4cc(C(C)(C)C)cc2c43)cc1. The normalized spacial score (nSPS) is 13.4. The Bertz CT molecular complexity index is 6030. The van der Waals surface area contributed by atoms with Gasteiger partial charge in [0.05, 0.1) is 51.6 Å². The summed E-state index contributed by atoms with van der Waals surface area (Å²) in [5.74, 6) is 0. The predicted molar refractivity (Wildman–Crippen MR) is 493 cm³/mol. The Hall–Kier alpha value is -11.9. The summed E-state index contributed by atoms with van der Waals surface area (Å²) >= 11 is 0. The van der Waals surface area contributed by atoms with Crippen LogP contribution in [0.2, 0.25) is 0 Å². The molecule has 0 bridgehead atoms. The maximum atomic E-state index is 10.7. The van der Waals surface area contributed by atoms with Crippen molar-refractivity contribution in [1.29, 1.82) is 5.26 Å². The van der Waals surface area contributed by atoms with Gasteiger partial charge in [-0.2, -0.15) is 5.26 Å². The number of hydrogen-bond donors (Lipinski definition) is 0. The molecule has 0 unspecified atom stereocenters. The number of rotatable bonds is 8. The van der Waals surface area contributed by atoms with Crippen molar-refractivity contribution in [2.45, 2.75) is 183 Å². The summed E-state index contributed by atoms with van der Waals surface area (Å²) in [7, 11) is 0. The molecule has 15 aromatic rings. The number of nitriles is 1. The van der Waals surface area contributed by atoms with Gasteiger partial charge in [0.2, 0.25) is 0 Å². The molecule has 0 saturated heterocycles. The first-order valence-corrected chi connectivity index (χ1v) is 41.1. The van der Waals surface area contributed by atoms with Crippen LogP contribution in [0, 0.1) is 17.9 Å². The molecular weight excluding hydrogens is 1390 g/mol. The van der Waals surface area contributed by atoms with Gasteiger partial charge in [0.25, 0.3) is 6.71 Å². The number of hydrogen-bond acceptors (Lipinski definition) is 3. The van der Waals surface area contributed by atoms with Gasteiger partial charge >= 0.3 is 0 Å². The summed E-state index contributed by atoms with van der Waals surface area (Å²) in [5.41, 5.74) is 33.3. The summed E-state index contributed by atoms with van der Waals surface area (Å²) in [5, 5.41) is 15.5. The molecule has 0 amide bonds. The molecule has 7 heteroatoms. The first-order chi connectivity index (χ1) is 54.3. The summed E-state index contributed by atoms with van der Waals surface area (Å²) in [4.78, 5) is 9.47. The number of anilines is 6. The second-order valence-electron chi connectivity index (χ2n) is 39.8. The molecule has 0 aliphatic carbocycles. The molecule has 115 heavy (non-hydrogen) atoms. The van der Waals surface area contributed by atoms with Gasteiger partial charge in [0.1, 0.15) is 0 Å². The zero-order valence-electron chi connectivity index (χ0n) is 71.0. The Morgan fingerprint density at radius 1 is 0.296 bits per heavy atom. The van der Waals surface area contributed by atoms with Crippen LogP contribution >= 0.6 is 0 Å². The summed E-state index contributed by atoms with van der Waals surface area (Å²) < 4.78 is 4.99. The smallest absolute Gasteiger partial charge is 0.252 e. The van der Waals surface area contributed by atoms with Crippen LogP contribution in [0.15, 0.2) is 255 Å². The molecule has 570 valence electrons. The highest BCUT2D eigenvalue weighted by Gasteiger charge is 2.47. The monoisotopic (exact) mass is 1500 g/mol. The van der Waals surface area contributed by atoms with Crippen LogP contribution in [0.4, 0.5) is 39.8 Å². The van der Waals surface area contributed by atoms with Crippen molar-refractivity contribution in [3.8, 4) is 62.0 Å². The topological polar surface area (TPSA) is 44.5 Å². The van der Waals surface area contributed by atoms with Gasteiger partial charge in [-0.3, -0.25) is 0 Å². The molecule has 0 saturated carbocycles. The maximum Gasteiger partial charge on any atom is 0.252 e. The average molecular weight is 1500 g/mol. The van der Waals surface area contributed by atoms with Gasteiger partial charge < -0.3 is 18.9 Å². The maximum absolute atomic E-state index is 10.7. The lowest BCUT2D eigenvalue weighted by Gasteiger charge is -2.47. The van der Waals surface area contributed by atoms with E-state index in [0.717, 1.165) is 112 Å². The molecular formula is C108H105BN6. The Morgan fingerprint density at radius 2 is 0.583 bits per heavy atom.